The Labute approximate surface area is 791 Å². The van der Waals surface area contributed by atoms with E-state index in [1.54, 1.807) is 96.4 Å². The average molecular weight is 2080 g/mol. The van der Waals surface area contributed by atoms with Crippen LogP contribution in [0.4, 0.5) is 81.2 Å². The number of phenolic OH excluding ortho intramolecular Hbond substituents is 2. The molecule has 137 heavy (non-hydrogen) atoms. The molecular formula is C80H96N18O29S6Si4. The lowest BCUT2D eigenvalue weighted by Crippen LogP contribution is -2.66. The van der Waals surface area contributed by atoms with Crippen molar-refractivity contribution >= 4 is 220 Å². The fourth-order valence-electron chi connectivity index (χ4n) is 14.8. The van der Waals surface area contributed by atoms with Gasteiger partial charge in [-0.3, -0.25) is 27.3 Å². The number of rotatable bonds is 48. The van der Waals surface area contributed by atoms with Gasteiger partial charge in [-0.15, -0.1) is 20.5 Å². The molecule has 12 aromatic rings. The first kappa shape index (κ1) is 105. The van der Waals surface area contributed by atoms with E-state index < -0.39 is 198 Å². The second kappa shape index (κ2) is 43.4. The summed E-state index contributed by atoms with van der Waals surface area (Å²) in [5.74, 6) is -3.46. The van der Waals surface area contributed by atoms with Gasteiger partial charge in [-0.25, -0.2) is 0 Å². The van der Waals surface area contributed by atoms with Gasteiger partial charge in [-0.2, -0.15) is 80.4 Å². The third-order valence-electron chi connectivity index (χ3n) is 21.2. The van der Waals surface area contributed by atoms with Gasteiger partial charge in [-0.1, -0.05) is 97.1 Å². The van der Waals surface area contributed by atoms with Crippen molar-refractivity contribution in [2.24, 2.45) is 31.9 Å². The van der Waals surface area contributed by atoms with Crippen LogP contribution in [0.5, 0.6) is 11.5 Å². The number of azo groups is 2. The summed E-state index contributed by atoms with van der Waals surface area (Å²) in [6.07, 6.45) is 0.659. The lowest BCUT2D eigenvalue weighted by molar-refractivity contribution is 0.0607. The highest BCUT2D eigenvalue weighted by Gasteiger charge is 2.61. The van der Waals surface area contributed by atoms with Crippen molar-refractivity contribution in [1.29, 1.82) is 0 Å². The highest BCUT2D eigenvalue weighted by Crippen LogP contribution is 2.50. The van der Waals surface area contributed by atoms with Crippen LogP contribution in [0.2, 0.25) is 24.2 Å². The maximum absolute atomic E-state index is 13.3. The molecule has 0 amide bonds. The van der Waals surface area contributed by atoms with E-state index >= 15 is 0 Å². The zero-order valence-corrected chi connectivity index (χ0v) is 83.1. The molecule has 0 aliphatic heterocycles. The Morgan fingerprint density at radius 3 is 1.03 bits per heavy atom. The fourth-order valence-corrected chi connectivity index (χ4v) is 34.8. The number of aromatic hydroxyl groups is 2. The Bertz CT molecular complexity index is 7300. The Hall–Kier alpha value is -11.3. The number of benzene rings is 10. The predicted octanol–water partition coefficient (Wildman–Crippen LogP) is 12.9. The minimum Gasteiger partial charge on any atom is -0.505 e. The van der Waals surface area contributed by atoms with Gasteiger partial charge >= 0.3 is 35.2 Å². The standard InChI is InChI=1S/C80H96N18O29S6Si4/c1-9-97(55-27-13-11-14-28-55)79-89-75(87-77(91-79)85-63-49-57(128(101,102)103)45-53-47-65(130(107,108)109)69(71(99)67(53)63)95-93-61-35-33-51-25-17-19-31-59(51)73(61)132(113,114)115)83-39-23-43-135(121-5,122-6)126-136(123-7,42-22-38-82)127-137(124-8,125-134(119-3,120-4)41-21-37-81)44-24-40-84-76-88-78(92-80(90-76)98(10-2)56-29-15-12-16-30-56)86-64-50-58(129(104,105)106)46-54-48-66(131(110,111)112)70(72(100)68(54)64)96-94-62-36-34-52-26-18-20-32-60(52)74(62)133(116,117)118/h11-20,25-36,45-50,99-100H,9-10,21-24,37-44,81-82H2,1-8H3,(H,101,102,103)(H,104,105,106)(H,107,108,109)(H,110,111,112)(H,113,114,115)(H,116,117,118)(H2,83,85,87,89,91)(H2,84,86,88,90,92)/b95-93+,96-94+/t136-,137?/m0/s1. The van der Waals surface area contributed by atoms with Gasteiger partial charge in [0.15, 0.2) is 11.5 Å². The smallest absolute Gasteiger partial charge is 0.493 e. The number of aromatic nitrogens is 6. The molecule has 16 N–H and O–H groups in total. The van der Waals surface area contributed by atoms with E-state index in [2.05, 4.69) is 51.7 Å². The summed E-state index contributed by atoms with van der Waals surface area (Å²) in [5.41, 5.74) is 9.48. The van der Waals surface area contributed by atoms with Crippen LogP contribution in [0.1, 0.15) is 39.5 Å². The first-order chi connectivity index (χ1) is 64.9. The summed E-state index contributed by atoms with van der Waals surface area (Å²) in [5, 5.41) is 51.2. The lowest BCUT2D eigenvalue weighted by atomic mass is 10.1. The third-order valence-corrected chi connectivity index (χ3v) is 41.5. The summed E-state index contributed by atoms with van der Waals surface area (Å²) in [6, 6.07) is 39.1. The largest absolute Gasteiger partial charge is 0.505 e. The van der Waals surface area contributed by atoms with Crippen molar-refractivity contribution in [3.8, 4) is 11.5 Å². The number of nitrogens with one attached hydrogen (secondary N) is 4. The Balaban J connectivity index is 0.869. The molecule has 0 saturated carbocycles. The number of hydrogen-bond donors (Lipinski definition) is 14. The molecule has 2 aromatic heterocycles. The summed E-state index contributed by atoms with van der Waals surface area (Å²) in [4.78, 5) is 25.9. The molecule has 0 aliphatic carbocycles. The maximum atomic E-state index is 13.3. The molecule has 0 bridgehead atoms. The zero-order valence-electron chi connectivity index (χ0n) is 74.2. The molecule has 0 fully saturated rings. The maximum Gasteiger partial charge on any atom is 0.493 e. The molecule has 0 aliphatic rings. The van der Waals surface area contributed by atoms with E-state index in [1.165, 1.54) is 91.2 Å². The lowest BCUT2D eigenvalue weighted by Gasteiger charge is -2.43. The van der Waals surface area contributed by atoms with E-state index in [4.69, 9.17) is 70.3 Å². The quantitative estimate of drug-likeness (QED) is 0.00729. The molecule has 12 rings (SSSR count). The van der Waals surface area contributed by atoms with Crippen molar-refractivity contribution in [3.63, 3.8) is 0 Å². The number of hydrogen-bond acceptors (Lipinski definition) is 41. The Kier molecular flexibility index (Phi) is 33.2. The van der Waals surface area contributed by atoms with Gasteiger partial charge in [0.1, 0.15) is 42.3 Å². The average Bonchev–Trinajstić information content (AvgIpc) is 0.742. The number of fused-ring (bicyclic) bond motifs is 4. The second-order valence-electron chi connectivity index (χ2n) is 29.9. The van der Waals surface area contributed by atoms with Gasteiger partial charge in [-0.05, 0) is 147 Å². The van der Waals surface area contributed by atoms with Crippen molar-refractivity contribution in [2.45, 2.75) is 93.1 Å². The number of anilines is 10. The minimum absolute atomic E-state index is 0.0245. The van der Waals surface area contributed by atoms with Crippen molar-refractivity contribution in [2.75, 3.05) is 113 Å². The second-order valence-corrected chi connectivity index (χ2v) is 50.6. The van der Waals surface area contributed by atoms with Crippen LogP contribution in [0.3, 0.4) is 0 Å². The van der Waals surface area contributed by atoms with Crippen LogP contribution in [-0.2, 0) is 99.6 Å². The Morgan fingerprint density at radius 2 is 0.693 bits per heavy atom. The molecule has 0 saturated heterocycles. The number of phenols is 2. The first-order valence-electron chi connectivity index (χ1n) is 41.3. The summed E-state index contributed by atoms with van der Waals surface area (Å²) >= 11 is 0. The molecule has 57 heteroatoms. The first-order valence-corrected chi connectivity index (χ1v) is 57.7. The van der Waals surface area contributed by atoms with Gasteiger partial charge < -0.3 is 91.6 Å². The highest BCUT2D eigenvalue weighted by atomic mass is 32.2. The van der Waals surface area contributed by atoms with Gasteiger partial charge in [0.2, 0.25) is 35.7 Å². The normalized spacial score (nSPS) is 13.7. The molecule has 0 radical (unpaired) electrons. The van der Waals surface area contributed by atoms with E-state index in [0.29, 0.717) is 40.7 Å². The SMILES string of the molecule is CCN(c1ccccc1)c1nc(NCCC[Si](OC)(OC)O[Si@](CCCN)(OC)O[Si](CCCNc2nc(Nc3cc(S(=O)(=O)O)cc4cc(S(=O)(=O)O)c(/N=N/c5ccc6ccccc6c5S(=O)(=O)O)c(O)c34)nc(N(CC)c3ccccc3)n2)(OC)O[Si](CCCN)(OC)OC)nc(Nc2cc(S(=O)(=O)O)cc3cc(S(=O)(=O)O)c(/N=N/c4ccc5ccccc5c4S(=O)(=O)O)c(O)c23)n1. The monoisotopic (exact) mass is 2080 g/mol. The molecule has 732 valence electrons. The van der Waals surface area contributed by atoms with Crippen molar-refractivity contribution < 1.29 is 127 Å². The van der Waals surface area contributed by atoms with Crippen LogP contribution < -0.4 is 42.5 Å². The Morgan fingerprint density at radius 1 is 0.365 bits per heavy atom. The topological polar surface area (TPSA) is 683 Å². The highest BCUT2D eigenvalue weighted by molar-refractivity contribution is 7.87. The van der Waals surface area contributed by atoms with E-state index in [-0.39, 0.29) is 123 Å². The van der Waals surface area contributed by atoms with Crippen LogP contribution in [0.25, 0.3) is 43.1 Å². The van der Waals surface area contributed by atoms with E-state index in [9.17, 15) is 88.0 Å². The van der Waals surface area contributed by atoms with Gasteiger partial charge in [0.05, 0.1) is 21.2 Å². The van der Waals surface area contributed by atoms with Crippen LogP contribution in [0.15, 0.2) is 220 Å². The third kappa shape index (κ3) is 24.5. The molecule has 47 nitrogen and oxygen atoms in total. The summed E-state index contributed by atoms with van der Waals surface area (Å²) < 4.78 is 280. The van der Waals surface area contributed by atoms with Crippen molar-refractivity contribution in [3.05, 3.63) is 170 Å². The fraction of sp³-hybridized carbons (Fsp3) is 0.275. The summed E-state index contributed by atoms with van der Waals surface area (Å²) in [6.45, 7) is 4.08. The molecule has 1 unspecified atom stereocenters. The van der Waals surface area contributed by atoms with Gasteiger partial charge in [0, 0.05) is 126 Å². The number of nitrogens with two attached hydrogens (primary N) is 2. The molecular weight excluding hydrogens is 1980 g/mol. The number of para-hydroxylation sites is 2. The minimum atomic E-state index is -5.48. The van der Waals surface area contributed by atoms with E-state index in [0.717, 1.165) is 36.4 Å². The van der Waals surface area contributed by atoms with Crippen LogP contribution >= 0.6 is 0 Å². The van der Waals surface area contributed by atoms with Gasteiger partial charge in [0.25, 0.3) is 60.7 Å². The number of nitrogens with zero attached hydrogens (tertiary/aromatic N) is 12. The molecule has 2 heterocycles. The predicted molar refractivity (Wildman–Crippen MR) is 512 cm³/mol. The van der Waals surface area contributed by atoms with E-state index in [1.807, 2.05) is 0 Å². The summed E-state index contributed by atoms with van der Waals surface area (Å²) in [7, 11) is -40.5. The zero-order chi connectivity index (χ0) is 99.4. The van der Waals surface area contributed by atoms with Crippen LogP contribution in [-0.4, -0.2) is 235 Å². The molecule has 2 atom stereocenters. The molecule has 10 aromatic carbocycles. The molecule has 0 spiro atoms. The van der Waals surface area contributed by atoms with Crippen LogP contribution in [0, 0.1) is 0 Å². The van der Waals surface area contributed by atoms with Crippen molar-refractivity contribution in [1.82, 2.24) is 29.9 Å².